The lowest BCUT2D eigenvalue weighted by atomic mass is 10.2. The SMILES string of the molecule is COc1cc(Br)ccc1C(=O)NCCn1cccc1. The Bertz CT molecular complexity index is 553. The molecule has 0 bridgehead atoms. The number of hydrogen-bond donors (Lipinski definition) is 1. The van der Waals surface area contributed by atoms with Crippen molar-refractivity contribution in [3.05, 3.63) is 52.8 Å². The van der Waals surface area contributed by atoms with E-state index in [1.165, 1.54) is 0 Å². The normalized spacial score (nSPS) is 10.2. The zero-order valence-electron chi connectivity index (χ0n) is 10.6. The summed E-state index contributed by atoms with van der Waals surface area (Å²) in [5.41, 5.74) is 0.540. The van der Waals surface area contributed by atoms with Gasteiger partial charge in [-0.2, -0.15) is 0 Å². The molecule has 100 valence electrons. The van der Waals surface area contributed by atoms with Crippen LogP contribution in [-0.2, 0) is 6.54 Å². The number of methoxy groups -OCH3 is 1. The molecule has 2 aromatic rings. The molecule has 0 saturated heterocycles. The average Bonchev–Trinajstić information content (AvgIpc) is 2.91. The highest BCUT2D eigenvalue weighted by Gasteiger charge is 2.11. The van der Waals surface area contributed by atoms with E-state index in [-0.39, 0.29) is 5.91 Å². The van der Waals surface area contributed by atoms with Gasteiger partial charge in [-0.1, -0.05) is 15.9 Å². The molecule has 0 spiro atoms. The molecule has 0 saturated carbocycles. The summed E-state index contributed by atoms with van der Waals surface area (Å²) in [6.07, 6.45) is 3.93. The smallest absolute Gasteiger partial charge is 0.255 e. The van der Waals surface area contributed by atoms with E-state index in [1.807, 2.05) is 35.2 Å². The minimum atomic E-state index is -0.128. The van der Waals surface area contributed by atoms with Gasteiger partial charge in [0.25, 0.3) is 5.91 Å². The van der Waals surface area contributed by atoms with Gasteiger partial charge in [0.15, 0.2) is 0 Å². The molecule has 2 rings (SSSR count). The van der Waals surface area contributed by atoms with Gasteiger partial charge in [-0.05, 0) is 30.3 Å². The third-order valence-electron chi connectivity index (χ3n) is 2.73. The van der Waals surface area contributed by atoms with Gasteiger partial charge in [0, 0.05) is 30.0 Å². The third kappa shape index (κ3) is 3.61. The van der Waals surface area contributed by atoms with Crippen LogP contribution in [0.25, 0.3) is 0 Å². The number of carbonyl (C=O) groups excluding carboxylic acids is 1. The van der Waals surface area contributed by atoms with Crippen LogP contribution in [-0.4, -0.2) is 24.1 Å². The number of aromatic nitrogens is 1. The molecule has 1 aromatic carbocycles. The number of benzene rings is 1. The van der Waals surface area contributed by atoms with Crippen molar-refractivity contribution in [1.29, 1.82) is 0 Å². The summed E-state index contributed by atoms with van der Waals surface area (Å²) in [6.45, 7) is 1.32. The molecule has 1 heterocycles. The molecule has 1 N–H and O–H groups in total. The van der Waals surface area contributed by atoms with Crippen LogP contribution >= 0.6 is 15.9 Å². The summed E-state index contributed by atoms with van der Waals surface area (Å²) < 4.78 is 8.10. The maximum absolute atomic E-state index is 12.0. The molecule has 1 amide bonds. The zero-order valence-corrected chi connectivity index (χ0v) is 12.2. The quantitative estimate of drug-likeness (QED) is 0.919. The molecule has 0 aliphatic carbocycles. The lowest BCUT2D eigenvalue weighted by Gasteiger charge is -2.10. The molecular formula is C14H15BrN2O2. The first kappa shape index (κ1) is 13.7. The van der Waals surface area contributed by atoms with Crippen molar-refractivity contribution < 1.29 is 9.53 Å². The van der Waals surface area contributed by atoms with Crippen LogP contribution in [0, 0.1) is 0 Å². The molecule has 0 atom stereocenters. The van der Waals surface area contributed by atoms with Crippen LogP contribution < -0.4 is 10.1 Å². The van der Waals surface area contributed by atoms with E-state index in [0.717, 1.165) is 11.0 Å². The zero-order chi connectivity index (χ0) is 13.7. The van der Waals surface area contributed by atoms with Crippen molar-refractivity contribution in [2.75, 3.05) is 13.7 Å². The standard InChI is InChI=1S/C14H15BrN2O2/c1-19-13-10-11(15)4-5-12(13)14(18)16-6-9-17-7-2-3-8-17/h2-5,7-8,10H,6,9H2,1H3,(H,16,18). The molecule has 0 aliphatic rings. The first-order valence-corrected chi connectivity index (χ1v) is 6.72. The van der Waals surface area contributed by atoms with Gasteiger partial charge in [-0.3, -0.25) is 4.79 Å². The van der Waals surface area contributed by atoms with Gasteiger partial charge >= 0.3 is 0 Å². The summed E-state index contributed by atoms with van der Waals surface area (Å²) in [5, 5.41) is 2.88. The highest BCUT2D eigenvalue weighted by molar-refractivity contribution is 9.10. The number of amides is 1. The van der Waals surface area contributed by atoms with E-state index in [2.05, 4.69) is 21.2 Å². The van der Waals surface area contributed by atoms with Crippen molar-refractivity contribution in [2.45, 2.75) is 6.54 Å². The molecule has 1 aromatic heterocycles. The highest BCUT2D eigenvalue weighted by atomic mass is 79.9. The second kappa shape index (κ2) is 6.43. The topological polar surface area (TPSA) is 43.3 Å². The molecular weight excluding hydrogens is 308 g/mol. The van der Waals surface area contributed by atoms with Crippen LogP contribution in [0.3, 0.4) is 0 Å². The Morgan fingerprint density at radius 1 is 1.37 bits per heavy atom. The third-order valence-corrected chi connectivity index (χ3v) is 3.22. The first-order valence-electron chi connectivity index (χ1n) is 5.93. The Kier molecular flexibility index (Phi) is 4.63. The highest BCUT2D eigenvalue weighted by Crippen LogP contribution is 2.23. The van der Waals surface area contributed by atoms with Gasteiger partial charge in [0.2, 0.25) is 0 Å². The van der Waals surface area contributed by atoms with Gasteiger partial charge in [-0.15, -0.1) is 0 Å². The molecule has 19 heavy (non-hydrogen) atoms. The van der Waals surface area contributed by atoms with Gasteiger partial charge < -0.3 is 14.6 Å². The van der Waals surface area contributed by atoms with Crippen LogP contribution in [0.1, 0.15) is 10.4 Å². The summed E-state index contributed by atoms with van der Waals surface area (Å²) in [7, 11) is 1.55. The molecule has 0 radical (unpaired) electrons. The molecule has 4 nitrogen and oxygen atoms in total. The number of rotatable bonds is 5. The summed E-state index contributed by atoms with van der Waals surface area (Å²) in [5.74, 6) is 0.435. The van der Waals surface area contributed by atoms with Gasteiger partial charge in [0.1, 0.15) is 5.75 Å². The number of hydrogen-bond acceptors (Lipinski definition) is 2. The number of nitrogens with zero attached hydrogens (tertiary/aromatic N) is 1. The van der Waals surface area contributed by atoms with E-state index >= 15 is 0 Å². The van der Waals surface area contributed by atoms with Crippen molar-refractivity contribution in [3.63, 3.8) is 0 Å². The number of halogens is 1. The second-order valence-corrected chi connectivity index (χ2v) is 4.94. The predicted molar refractivity (Wildman–Crippen MR) is 77.5 cm³/mol. The largest absolute Gasteiger partial charge is 0.496 e. The lowest BCUT2D eigenvalue weighted by molar-refractivity contribution is 0.0949. The van der Waals surface area contributed by atoms with Gasteiger partial charge in [-0.25, -0.2) is 0 Å². The predicted octanol–water partition coefficient (Wildman–Crippen LogP) is 2.69. The number of carbonyl (C=O) groups is 1. The van der Waals surface area contributed by atoms with Crippen LogP contribution in [0.2, 0.25) is 0 Å². The molecule has 0 unspecified atom stereocenters. The number of ether oxygens (including phenoxy) is 1. The summed E-state index contributed by atoms with van der Waals surface area (Å²) >= 11 is 3.35. The van der Waals surface area contributed by atoms with Crippen molar-refractivity contribution in [1.82, 2.24) is 9.88 Å². The Morgan fingerprint density at radius 2 is 2.11 bits per heavy atom. The van der Waals surface area contributed by atoms with E-state index < -0.39 is 0 Å². The van der Waals surface area contributed by atoms with E-state index in [4.69, 9.17) is 4.74 Å². The van der Waals surface area contributed by atoms with Crippen molar-refractivity contribution >= 4 is 21.8 Å². The molecule has 5 heteroatoms. The summed E-state index contributed by atoms with van der Waals surface area (Å²) in [4.78, 5) is 12.0. The second-order valence-electron chi connectivity index (χ2n) is 4.02. The fraction of sp³-hybridized carbons (Fsp3) is 0.214. The number of nitrogens with one attached hydrogen (secondary N) is 1. The Morgan fingerprint density at radius 3 is 2.79 bits per heavy atom. The Labute approximate surface area is 120 Å². The van der Waals surface area contributed by atoms with E-state index in [9.17, 15) is 4.79 Å². The molecule has 0 aliphatic heterocycles. The maximum atomic E-state index is 12.0. The summed E-state index contributed by atoms with van der Waals surface area (Å²) in [6, 6.07) is 9.26. The monoisotopic (exact) mass is 322 g/mol. The lowest BCUT2D eigenvalue weighted by Crippen LogP contribution is -2.27. The maximum Gasteiger partial charge on any atom is 0.255 e. The van der Waals surface area contributed by atoms with Crippen molar-refractivity contribution in [3.8, 4) is 5.75 Å². The van der Waals surface area contributed by atoms with Gasteiger partial charge in [0.05, 0.1) is 12.7 Å². The first-order chi connectivity index (χ1) is 9.20. The minimum Gasteiger partial charge on any atom is -0.496 e. The Hall–Kier alpha value is -1.75. The fourth-order valence-corrected chi connectivity index (χ4v) is 2.11. The van der Waals surface area contributed by atoms with E-state index in [0.29, 0.717) is 17.9 Å². The van der Waals surface area contributed by atoms with Crippen LogP contribution in [0.4, 0.5) is 0 Å². The Balaban J connectivity index is 1.96. The molecule has 0 fully saturated rings. The minimum absolute atomic E-state index is 0.128. The van der Waals surface area contributed by atoms with E-state index in [1.54, 1.807) is 19.2 Å². The van der Waals surface area contributed by atoms with Crippen molar-refractivity contribution in [2.24, 2.45) is 0 Å². The fourth-order valence-electron chi connectivity index (χ4n) is 1.77. The van der Waals surface area contributed by atoms with Crippen LogP contribution in [0.5, 0.6) is 5.75 Å². The average molecular weight is 323 g/mol. The van der Waals surface area contributed by atoms with Crippen LogP contribution in [0.15, 0.2) is 47.2 Å².